The molecule has 1 saturated heterocycles. The summed E-state index contributed by atoms with van der Waals surface area (Å²) in [5.74, 6) is -1.11. The van der Waals surface area contributed by atoms with Crippen LogP contribution >= 0.6 is 0 Å². The smallest absolute Gasteiger partial charge is 0.244 e. The van der Waals surface area contributed by atoms with Crippen LogP contribution in [0.25, 0.3) is 17.3 Å². The van der Waals surface area contributed by atoms with Crippen LogP contribution in [0.15, 0.2) is 36.8 Å². The molecule has 1 fully saturated rings. The minimum absolute atomic E-state index is 0.00663. The Morgan fingerprint density at radius 1 is 1.23 bits per heavy atom. The molecular weight excluding hydrogens is 394 g/mol. The Bertz CT molecular complexity index is 1110. The van der Waals surface area contributed by atoms with E-state index in [9.17, 15) is 13.6 Å². The first-order valence-corrected chi connectivity index (χ1v) is 9.61. The van der Waals surface area contributed by atoms with Crippen molar-refractivity contribution in [2.75, 3.05) is 30.0 Å². The number of fused-ring (bicyclic) bond motifs is 1. The number of rotatable bonds is 3. The highest BCUT2D eigenvalue weighted by molar-refractivity contribution is 6.00. The quantitative estimate of drug-likeness (QED) is 0.712. The molecule has 1 aromatic carbocycles. The third kappa shape index (κ3) is 3.18. The summed E-state index contributed by atoms with van der Waals surface area (Å²) in [4.78, 5) is 27.2. The minimum Gasteiger partial charge on any atom is -0.379 e. The molecule has 0 aliphatic carbocycles. The van der Waals surface area contributed by atoms with Crippen LogP contribution in [0.4, 0.5) is 20.3 Å². The average molecular weight is 412 g/mol. The number of nitrogens with zero attached hydrogens (tertiary/aromatic N) is 5. The molecule has 4 heterocycles. The Labute approximate surface area is 170 Å². The van der Waals surface area contributed by atoms with Gasteiger partial charge in [0.1, 0.15) is 11.5 Å². The molecule has 1 atom stereocenters. The average Bonchev–Trinajstić information content (AvgIpc) is 3.25. The van der Waals surface area contributed by atoms with E-state index in [4.69, 9.17) is 4.74 Å². The highest BCUT2D eigenvalue weighted by Gasteiger charge is 2.31. The number of hydrogen-bond donors (Lipinski definition) is 1. The van der Waals surface area contributed by atoms with Gasteiger partial charge in [-0.05, 0) is 25.0 Å². The van der Waals surface area contributed by atoms with Crippen LogP contribution in [0.5, 0.6) is 0 Å². The van der Waals surface area contributed by atoms with E-state index in [1.165, 1.54) is 29.1 Å². The molecular formula is C20H18F2N6O2. The van der Waals surface area contributed by atoms with Crippen LogP contribution in [0.3, 0.4) is 0 Å². The van der Waals surface area contributed by atoms with Gasteiger partial charge < -0.3 is 15.0 Å². The molecule has 5 rings (SSSR count). The van der Waals surface area contributed by atoms with E-state index in [0.717, 1.165) is 18.9 Å². The molecule has 3 aromatic rings. The van der Waals surface area contributed by atoms with Gasteiger partial charge in [-0.1, -0.05) is 6.07 Å². The van der Waals surface area contributed by atoms with E-state index < -0.39 is 11.6 Å². The van der Waals surface area contributed by atoms with E-state index in [0.29, 0.717) is 24.7 Å². The molecule has 10 heteroatoms. The van der Waals surface area contributed by atoms with Crippen molar-refractivity contribution in [3.63, 3.8) is 0 Å². The third-order valence-electron chi connectivity index (χ3n) is 5.24. The topological polar surface area (TPSA) is 85.2 Å². The maximum absolute atomic E-state index is 14.3. The van der Waals surface area contributed by atoms with Gasteiger partial charge in [-0.2, -0.15) is 4.98 Å². The van der Waals surface area contributed by atoms with Gasteiger partial charge in [0.05, 0.1) is 31.0 Å². The predicted octanol–water partition coefficient (Wildman–Crippen LogP) is 2.54. The minimum atomic E-state index is -0.990. The monoisotopic (exact) mass is 412 g/mol. The first kappa shape index (κ1) is 18.6. The zero-order valence-electron chi connectivity index (χ0n) is 15.9. The van der Waals surface area contributed by atoms with Crippen molar-refractivity contribution >= 4 is 17.4 Å². The summed E-state index contributed by atoms with van der Waals surface area (Å²) in [6.45, 7) is 1.37. The highest BCUT2D eigenvalue weighted by Crippen LogP contribution is 2.32. The van der Waals surface area contributed by atoms with Crippen LogP contribution in [0.1, 0.15) is 12.8 Å². The summed E-state index contributed by atoms with van der Waals surface area (Å²) in [6, 6.07) is 3.94. The van der Waals surface area contributed by atoms with Crippen LogP contribution < -0.4 is 10.2 Å². The van der Waals surface area contributed by atoms with Crippen molar-refractivity contribution < 1.29 is 18.3 Å². The van der Waals surface area contributed by atoms with Crippen molar-refractivity contribution in [3.8, 4) is 17.3 Å². The van der Waals surface area contributed by atoms with Gasteiger partial charge in [-0.15, -0.1) is 0 Å². The van der Waals surface area contributed by atoms with Crippen molar-refractivity contribution in [1.82, 2.24) is 19.5 Å². The van der Waals surface area contributed by atoms with Gasteiger partial charge in [-0.3, -0.25) is 9.36 Å². The Balaban J connectivity index is 1.57. The van der Waals surface area contributed by atoms with Gasteiger partial charge in [0.15, 0.2) is 17.5 Å². The number of halogens is 2. The number of hydrogen-bond acceptors (Lipinski definition) is 6. The SMILES string of the molecule is O=C1CN(C2CCCOC2)c2nc(-n3ccnc3-c3cccc(F)c3F)ncc2N1. The highest BCUT2D eigenvalue weighted by atomic mass is 19.2. The van der Waals surface area contributed by atoms with E-state index >= 15 is 0 Å². The second-order valence-corrected chi connectivity index (χ2v) is 7.18. The van der Waals surface area contributed by atoms with Crippen LogP contribution in [0, 0.1) is 11.6 Å². The number of carbonyl (C=O) groups is 1. The fraction of sp³-hybridized carbons (Fsp3) is 0.300. The lowest BCUT2D eigenvalue weighted by Gasteiger charge is -2.37. The van der Waals surface area contributed by atoms with Crippen molar-refractivity contribution in [1.29, 1.82) is 0 Å². The normalized spacial score (nSPS) is 18.8. The third-order valence-corrected chi connectivity index (χ3v) is 5.24. The first-order chi connectivity index (χ1) is 14.6. The summed E-state index contributed by atoms with van der Waals surface area (Å²) < 4.78 is 35.1. The lowest BCUT2D eigenvalue weighted by atomic mass is 10.1. The summed E-state index contributed by atoms with van der Waals surface area (Å²) in [5.41, 5.74) is 0.506. The van der Waals surface area contributed by atoms with Crippen molar-refractivity contribution in [2.24, 2.45) is 0 Å². The number of anilines is 2. The van der Waals surface area contributed by atoms with Gasteiger partial charge in [0, 0.05) is 19.0 Å². The summed E-state index contributed by atoms with van der Waals surface area (Å²) in [6.07, 6.45) is 6.35. The van der Waals surface area contributed by atoms with Crippen LogP contribution in [-0.2, 0) is 9.53 Å². The molecule has 2 aliphatic heterocycles. The zero-order valence-corrected chi connectivity index (χ0v) is 15.9. The summed E-state index contributed by atoms with van der Waals surface area (Å²) in [7, 11) is 0. The number of imidazole rings is 1. The number of nitrogens with one attached hydrogen (secondary N) is 1. The standard InChI is InChI=1S/C20H18F2N6O2/c21-14-5-1-4-13(17(14)22)18-23-6-7-27(18)20-24-9-15-19(26-20)28(10-16(29)25-15)12-3-2-8-30-11-12/h1,4-7,9,12H,2-3,8,10-11H2,(H,25,29). The predicted molar refractivity (Wildman–Crippen MR) is 104 cm³/mol. The van der Waals surface area contributed by atoms with Crippen LogP contribution in [0.2, 0.25) is 0 Å². The Morgan fingerprint density at radius 3 is 2.97 bits per heavy atom. The molecule has 0 spiro atoms. The molecule has 0 radical (unpaired) electrons. The fourth-order valence-electron chi connectivity index (χ4n) is 3.82. The number of aromatic nitrogens is 4. The van der Waals surface area contributed by atoms with E-state index in [-0.39, 0.29) is 35.8 Å². The van der Waals surface area contributed by atoms with Gasteiger partial charge in [0.2, 0.25) is 11.9 Å². The van der Waals surface area contributed by atoms with Gasteiger partial charge in [-0.25, -0.2) is 18.7 Å². The van der Waals surface area contributed by atoms with Crippen molar-refractivity contribution in [3.05, 3.63) is 48.4 Å². The van der Waals surface area contributed by atoms with E-state index in [2.05, 4.69) is 20.3 Å². The number of carbonyl (C=O) groups excluding carboxylic acids is 1. The van der Waals surface area contributed by atoms with Gasteiger partial charge >= 0.3 is 0 Å². The molecule has 1 amide bonds. The number of amides is 1. The van der Waals surface area contributed by atoms with Crippen molar-refractivity contribution in [2.45, 2.75) is 18.9 Å². The number of benzene rings is 1. The molecule has 0 saturated carbocycles. The molecule has 2 aromatic heterocycles. The molecule has 0 bridgehead atoms. The zero-order chi connectivity index (χ0) is 20.7. The van der Waals surface area contributed by atoms with Crippen LogP contribution in [-0.4, -0.2) is 51.2 Å². The molecule has 154 valence electrons. The number of ether oxygens (including phenoxy) is 1. The second-order valence-electron chi connectivity index (χ2n) is 7.18. The van der Waals surface area contributed by atoms with E-state index in [1.807, 2.05) is 4.90 Å². The molecule has 8 nitrogen and oxygen atoms in total. The Morgan fingerprint density at radius 2 is 2.13 bits per heavy atom. The first-order valence-electron chi connectivity index (χ1n) is 9.61. The Kier molecular flexibility index (Phi) is 4.62. The summed E-state index contributed by atoms with van der Waals surface area (Å²) in [5, 5.41) is 2.78. The summed E-state index contributed by atoms with van der Waals surface area (Å²) >= 11 is 0. The second kappa shape index (κ2) is 7.45. The molecule has 1 unspecified atom stereocenters. The maximum Gasteiger partial charge on any atom is 0.244 e. The largest absolute Gasteiger partial charge is 0.379 e. The lowest BCUT2D eigenvalue weighted by molar-refractivity contribution is -0.115. The Hall–Kier alpha value is -3.40. The lowest BCUT2D eigenvalue weighted by Crippen LogP contribution is -2.48. The molecule has 30 heavy (non-hydrogen) atoms. The van der Waals surface area contributed by atoms with Gasteiger partial charge in [0.25, 0.3) is 0 Å². The molecule has 1 N–H and O–H groups in total. The maximum atomic E-state index is 14.3. The molecule has 2 aliphatic rings. The van der Waals surface area contributed by atoms with E-state index in [1.54, 1.807) is 6.20 Å². The fourth-order valence-corrected chi connectivity index (χ4v) is 3.82.